The third kappa shape index (κ3) is 5.80. The van der Waals surface area contributed by atoms with Crippen LogP contribution in [0.2, 0.25) is 0 Å². The summed E-state index contributed by atoms with van der Waals surface area (Å²) in [4.78, 5) is 20.0. The molecule has 2 N–H and O–H groups in total. The van der Waals surface area contributed by atoms with Crippen LogP contribution in [-0.2, 0) is 21.5 Å². The van der Waals surface area contributed by atoms with Gasteiger partial charge >= 0.3 is 6.18 Å². The molecule has 0 spiro atoms. The Morgan fingerprint density at radius 3 is 2.15 bits per heavy atom. The van der Waals surface area contributed by atoms with E-state index in [1.165, 1.54) is 13.8 Å². The molecule has 4 saturated carbocycles. The van der Waals surface area contributed by atoms with E-state index >= 15 is 0 Å². The zero-order valence-corrected chi connectivity index (χ0v) is 26.4. The predicted molar refractivity (Wildman–Crippen MR) is 159 cm³/mol. The Balaban J connectivity index is 1.27. The first-order chi connectivity index (χ1) is 21.3. The SMILES string of the molecule is CC(C)(O)c1ccc(-c2cccc(N(C[C@]34CC[C@](c5noc(C(C)(C)F)n5)(CC3)CC4)C(=O)C3CC(O)(C(F)(F)F)C3)c2)nn1. The van der Waals surface area contributed by atoms with Crippen LogP contribution in [0.4, 0.5) is 23.2 Å². The van der Waals surface area contributed by atoms with Gasteiger partial charge in [0.05, 0.1) is 11.4 Å². The molecule has 9 nitrogen and oxygen atoms in total. The van der Waals surface area contributed by atoms with Gasteiger partial charge in [-0.15, -0.1) is 0 Å². The van der Waals surface area contributed by atoms with Gasteiger partial charge in [0.2, 0.25) is 5.91 Å². The van der Waals surface area contributed by atoms with Gasteiger partial charge in [0.1, 0.15) is 5.60 Å². The summed E-state index contributed by atoms with van der Waals surface area (Å²) in [5.41, 5.74) is -4.39. The summed E-state index contributed by atoms with van der Waals surface area (Å²) in [6.07, 6.45) is -1.89. The highest BCUT2D eigenvalue weighted by atomic mass is 19.4. The standard InChI is InChI=1S/C33H39F4N5O4/c1-28(2,34)27-38-26(41-46-27)31-13-10-30(11-14-31,12-15-31)19-42(25(43)21-17-32(45,18-21)33(35,36)37)22-7-5-6-20(16-22)23-8-9-24(40-39-23)29(3,4)44/h5-9,16,21,44-45H,10-15,17-19H2,1-4H3/t21?,30-,31+,32?. The maximum absolute atomic E-state index is 14.5. The lowest BCUT2D eigenvalue weighted by Gasteiger charge is -2.54. The minimum Gasteiger partial charge on any atom is -0.384 e. The average Bonchev–Trinajstić information content (AvgIpc) is 3.51. The molecule has 0 aliphatic heterocycles. The number of fused-ring (bicyclic) bond motifs is 3. The van der Waals surface area contributed by atoms with E-state index in [2.05, 4.69) is 20.3 Å². The number of carbonyl (C=O) groups is 1. The van der Waals surface area contributed by atoms with Crippen molar-refractivity contribution < 1.29 is 37.1 Å². The number of amides is 1. The van der Waals surface area contributed by atoms with E-state index in [0.29, 0.717) is 54.3 Å². The molecule has 4 fully saturated rings. The van der Waals surface area contributed by atoms with Gasteiger partial charge in [0.15, 0.2) is 17.1 Å². The summed E-state index contributed by atoms with van der Waals surface area (Å²) in [7, 11) is 0. The number of alkyl halides is 4. The van der Waals surface area contributed by atoms with Gasteiger partial charge < -0.3 is 19.6 Å². The number of aromatic nitrogens is 4. The number of aliphatic hydroxyl groups is 2. The van der Waals surface area contributed by atoms with Crippen LogP contribution in [0.5, 0.6) is 0 Å². The number of hydrogen-bond acceptors (Lipinski definition) is 8. The smallest absolute Gasteiger partial charge is 0.384 e. The Kier molecular flexibility index (Phi) is 7.63. The van der Waals surface area contributed by atoms with Crippen molar-refractivity contribution in [1.29, 1.82) is 0 Å². The number of rotatable bonds is 8. The van der Waals surface area contributed by atoms with Crippen LogP contribution >= 0.6 is 0 Å². The number of anilines is 1. The Bertz CT molecular complexity index is 1580. The second-order valence-electron chi connectivity index (χ2n) is 14.6. The lowest BCUT2D eigenvalue weighted by molar-refractivity contribution is -0.295. The van der Waals surface area contributed by atoms with Crippen LogP contribution in [0.25, 0.3) is 11.3 Å². The van der Waals surface area contributed by atoms with Gasteiger partial charge in [-0.2, -0.15) is 28.4 Å². The van der Waals surface area contributed by atoms with Crippen molar-refractivity contribution in [1.82, 2.24) is 20.3 Å². The molecule has 4 aliphatic carbocycles. The van der Waals surface area contributed by atoms with E-state index < -0.39 is 47.7 Å². The maximum atomic E-state index is 14.5. The summed E-state index contributed by atoms with van der Waals surface area (Å²) >= 11 is 0. The molecule has 4 aliphatic rings. The summed E-state index contributed by atoms with van der Waals surface area (Å²) in [5.74, 6) is -1.00. The second-order valence-corrected chi connectivity index (χ2v) is 14.6. The van der Waals surface area contributed by atoms with Crippen molar-refractivity contribution in [3.05, 3.63) is 53.8 Å². The minimum absolute atomic E-state index is 0.0605. The molecule has 1 aromatic carbocycles. The Labute approximate surface area is 264 Å². The molecule has 0 saturated heterocycles. The number of carbonyl (C=O) groups excluding carboxylic acids is 1. The van der Waals surface area contributed by atoms with Crippen LogP contribution in [0.1, 0.15) is 96.5 Å². The maximum Gasteiger partial charge on any atom is 0.417 e. The molecule has 2 aromatic heterocycles. The van der Waals surface area contributed by atoms with Crippen LogP contribution < -0.4 is 4.90 Å². The van der Waals surface area contributed by atoms with Gasteiger partial charge in [-0.1, -0.05) is 17.3 Å². The number of halogens is 4. The fourth-order valence-electron chi connectivity index (χ4n) is 7.18. The third-order valence-corrected chi connectivity index (χ3v) is 10.4. The first-order valence-corrected chi connectivity index (χ1v) is 15.6. The van der Waals surface area contributed by atoms with E-state index in [4.69, 9.17) is 4.52 Å². The zero-order valence-electron chi connectivity index (χ0n) is 26.4. The Morgan fingerprint density at radius 1 is 0.978 bits per heavy atom. The van der Waals surface area contributed by atoms with Gasteiger partial charge in [0.25, 0.3) is 5.89 Å². The minimum atomic E-state index is -4.82. The fourth-order valence-corrected chi connectivity index (χ4v) is 7.18. The van der Waals surface area contributed by atoms with Crippen molar-refractivity contribution >= 4 is 11.6 Å². The topological polar surface area (TPSA) is 125 Å². The Hall–Kier alpha value is -3.45. The number of nitrogens with zero attached hydrogens (tertiary/aromatic N) is 5. The number of hydrogen-bond donors (Lipinski definition) is 2. The third-order valence-electron chi connectivity index (χ3n) is 10.4. The molecule has 0 unspecified atom stereocenters. The number of benzene rings is 1. The molecular formula is C33H39F4N5O4. The largest absolute Gasteiger partial charge is 0.417 e. The van der Waals surface area contributed by atoms with E-state index in [1.807, 2.05) is 0 Å². The van der Waals surface area contributed by atoms with Crippen molar-refractivity contribution in [2.45, 2.75) is 108 Å². The average molecular weight is 646 g/mol. The molecule has 1 amide bonds. The van der Waals surface area contributed by atoms with E-state index in [9.17, 15) is 32.6 Å². The zero-order chi connectivity index (χ0) is 33.3. The van der Waals surface area contributed by atoms with Gasteiger partial charge in [-0.25, -0.2) is 4.39 Å². The van der Waals surface area contributed by atoms with Gasteiger partial charge in [-0.05, 0) is 109 Å². The molecule has 0 radical (unpaired) electrons. The van der Waals surface area contributed by atoms with E-state index in [1.54, 1.807) is 55.1 Å². The van der Waals surface area contributed by atoms with Gasteiger partial charge in [-0.3, -0.25) is 4.79 Å². The van der Waals surface area contributed by atoms with E-state index in [0.717, 1.165) is 19.3 Å². The molecule has 0 atom stereocenters. The monoisotopic (exact) mass is 645 g/mol. The molecule has 2 heterocycles. The summed E-state index contributed by atoms with van der Waals surface area (Å²) < 4.78 is 60.2. The van der Waals surface area contributed by atoms with Crippen molar-refractivity contribution in [2.75, 3.05) is 11.4 Å². The van der Waals surface area contributed by atoms with Crippen LogP contribution in [0, 0.1) is 11.3 Å². The molecule has 2 bridgehead atoms. The molecule has 46 heavy (non-hydrogen) atoms. The van der Waals surface area contributed by atoms with Gasteiger partial charge in [0, 0.05) is 29.1 Å². The lowest BCUT2D eigenvalue weighted by atomic mass is 9.53. The first kappa shape index (κ1) is 32.5. The second kappa shape index (κ2) is 10.8. The summed E-state index contributed by atoms with van der Waals surface area (Å²) in [5, 5.41) is 32.9. The fraction of sp³-hybridized carbons (Fsp3) is 0.606. The van der Waals surface area contributed by atoms with Crippen molar-refractivity contribution in [3.63, 3.8) is 0 Å². The van der Waals surface area contributed by atoms with Crippen LogP contribution in [0.15, 0.2) is 40.9 Å². The molecule has 13 heteroatoms. The highest BCUT2D eigenvalue weighted by Crippen LogP contribution is 2.58. The lowest BCUT2D eigenvalue weighted by Crippen LogP contribution is -2.60. The quantitative estimate of drug-likeness (QED) is 0.274. The molecule has 3 aromatic rings. The van der Waals surface area contributed by atoms with Crippen LogP contribution in [-0.4, -0.2) is 54.8 Å². The van der Waals surface area contributed by atoms with Crippen molar-refractivity contribution in [3.8, 4) is 11.3 Å². The van der Waals surface area contributed by atoms with E-state index in [-0.39, 0.29) is 16.7 Å². The molecular weight excluding hydrogens is 606 g/mol. The van der Waals surface area contributed by atoms with Crippen molar-refractivity contribution in [2.24, 2.45) is 11.3 Å². The van der Waals surface area contributed by atoms with Crippen LogP contribution in [0.3, 0.4) is 0 Å². The normalized spacial score (nSPS) is 28.2. The predicted octanol–water partition coefficient (Wildman–Crippen LogP) is 6.29. The highest BCUT2D eigenvalue weighted by Gasteiger charge is 2.63. The highest BCUT2D eigenvalue weighted by molar-refractivity contribution is 5.96. The Morgan fingerprint density at radius 2 is 1.63 bits per heavy atom. The summed E-state index contributed by atoms with van der Waals surface area (Å²) in [6, 6.07) is 10.5. The first-order valence-electron chi connectivity index (χ1n) is 15.6. The molecule has 248 valence electrons. The molecule has 7 rings (SSSR count). The summed E-state index contributed by atoms with van der Waals surface area (Å²) in [6.45, 7) is 6.23.